The van der Waals surface area contributed by atoms with Gasteiger partial charge in [-0.1, -0.05) is 30.3 Å². The van der Waals surface area contributed by atoms with E-state index < -0.39 is 24.1 Å². The standard InChI is InChI=1S/C13H16F3NO2/c1-17(2)12(11(18)19-3,13(14,15)16)9-10-7-5-4-6-8-10/h4-8H,9H2,1-3H3. The lowest BCUT2D eigenvalue weighted by atomic mass is 9.88. The van der Waals surface area contributed by atoms with E-state index in [0.717, 1.165) is 12.0 Å². The number of rotatable bonds is 4. The van der Waals surface area contributed by atoms with Crippen LogP contribution in [0, 0.1) is 0 Å². The number of carbonyl (C=O) groups is 1. The molecule has 0 saturated carbocycles. The lowest BCUT2D eigenvalue weighted by molar-refractivity contribution is -0.233. The van der Waals surface area contributed by atoms with Crippen molar-refractivity contribution in [3.63, 3.8) is 0 Å². The van der Waals surface area contributed by atoms with Crippen molar-refractivity contribution in [3.05, 3.63) is 35.9 Å². The molecule has 106 valence electrons. The van der Waals surface area contributed by atoms with E-state index in [2.05, 4.69) is 4.74 Å². The summed E-state index contributed by atoms with van der Waals surface area (Å²) in [6, 6.07) is 8.05. The van der Waals surface area contributed by atoms with Gasteiger partial charge in [0, 0.05) is 6.42 Å². The first-order chi connectivity index (χ1) is 8.75. The highest BCUT2D eigenvalue weighted by Gasteiger charge is 2.63. The SMILES string of the molecule is COC(=O)C(Cc1ccccc1)(N(C)C)C(F)(F)F. The van der Waals surface area contributed by atoms with Crippen molar-refractivity contribution in [1.29, 1.82) is 0 Å². The first kappa shape index (κ1) is 15.5. The van der Waals surface area contributed by atoms with Crippen molar-refractivity contribution in [2.75, 3.05) is 21.2 Å². The molecule has 1 atom stereocenters. The molecule has 0 saturated heterocycles. The van der Waals surface area contributed by atoms with E-state index in [1.165, 1.54) is 14.1 Å². The summed E-state index contributed by atoms with van der Waals surface area (Å²) in [4.78, 5) is 12.6. The third-order valence-corrected chi connectivity index (χ3v) is 3.06. The van der Waals surface area contributed by atoms with Gasteiger partial charge in [0.25, 0.3) is 0 Å². The summed E-state index contributed by atoms with van der Waals surface area (Å²) in [5.41, 5.74) is -2.26. The van der Waals surface area contributed by atoms with Crippen molar-refractivity contribution in [1.82, 2.24) is 4.90 Å². The second-order valence-electron chi connectivity index (χ2n) is 4.41. The highest BCUT2D eigenvalue weighted by Crippen LogP contribution is 2.38. The zero-order chi connectivity index (χ0) is 14.7. The molecule has 0 aliphatic heterocycles. The second kappa shape index (κ2) is 5.61. The first-order valence-electron chi connectivity index (χ1n) is 5.62. The zero-order valence-electron chi connectivity index (χ0n) is 11.0. The lowest BCUT2D eigenvalue weighted by Crippen LogP contribution is -2.63. The molecule has 0 aromatic heterocycles. The average Bonchev–Trinajstić information content (AvgIpc) is 2.34. The Morgan fingerprint density at radius 1 is 1.21 bits per heavy atom. The maximum atomic E-state index is 13.4. The Labute approximate surface area is 110 Å². The van der Waals surface area contributed by atoms with Crippen LogP contribution in [0.5, 0.6) is 0 Å². The third-order valence-electron chi connectivity index (χ3n) is 3.06. The first-order valence-corrected chi connectivity index (χ1v) is 5.62. The van der Waals surface area contributed by atoms with Gasteiger partial charge in [0.2, 0.25) is 5.54 Å². The van der Waals surface area contributed by atoms with Gasteiger partial charge in [-0.3, -0.25) is 4.90 Å². The number of likely N-dealkylation sites (N-methyl/N-ethyl adjacent to an activating group) is 1. The number of esters is 1. The van der Waals surface area contributed by atoms with Crippen LogP contribution in [0.15, 0.2) is 30.3 Å². The number of benzene rings is 1. The highest BCUT2D eigenvalue weighted by molar-refractivity contribution is 5.82. The van der Waals surface area contributed by atoms with Crippen LogP contribution in [0.4, 0.5) is 13.2 Å². The molecule has 1 rings (SSSR count). The van der Waals surface area contributed by atoms with Gasteiger partial charge in [0.1, 0.15) is 0 Å². The Hall–Kier alpha value is -1.56. The van der Waals surface area contributed by atoms with E-state index in [-0.39, 0.29) is 0 Å². The molecule has 0 spiro atoms. The van der Waals surface area contributed by atoms with Gasteiger partial charge in [-0.15, -0.1) is 0 Å². The molecular weight excluding hydrogens is 259 g/mol. The number of carbonyl (C=O) groups excluding carboxylic acids is 1. The molecule has 0 radical (unpaired) electrons. The van der Waals surface area contributed by atoms with Gasteiger partial charge in [-0.25, -0.2) is 4.79 Å². The Balaban J connectivity index is 3.29. The zero-order valence-corrected chi connectivity index (χ0v) is 11.0. The molecule has 3 nitrogen and oxygen atoms in total. The monoisotopic (exact) mass is 275 g/mol. The lowest BCUT2D eigenvalue weighted by Gasteiger charge is -2.38. The largest absolute Gasteiger partial charge is 0.467 e. The van der Waals surface area contributed by atoms with Gasteiger partial charge < -0.3 is 4.74 Å². The Morgan fingerprint density at radius 3 is 2.11 bits per heavy atom. The molecule has 19 heavy (non-hydrogen) atoms. The average molecular weight is 275 g/mol. The summed E-state index contributed by atoms with van der Waals surface area (Å²) in [5, 5.41) is 0. The van der Waals surface area contributed by atoms with Gasteiger partial charge in [0.05, 0.1) is 7.11 Å². The number of hydrogen-bond donors (Lipinski definition) is 0. The summed E-state index contributed by atoms with van der Waals surface area (Å²) in [6.45, 7) is 0. The summed E-state index contributed by atoms with van der Waals surface area (Å²) in [5.74, 6) is -1.31. The summed E-state index contributed by atoms with van der Waals surface area (Å²) in [6.07, 6.45) is -5.23. The normalized spacial score (nSPS) is 15.1. The van der Waals surface area contributed by atoms with Crippen LogP contribution in [0.3, 0.4) is 0 Å². The minimum atomic E-state index is -4.74. The predicted molar refractivity (Wildman–Crippen MR) is 64.6 cm³/mol. The van der Waals surface area contributed by atoms with E-state index >= 15 is 0 Å². The molecule has 0 amide bonds. The fraction of sp³-hybridized carbons (Fsp3) is 0.462. The van der Waals surface area contributed by atoms with E-state index in [0.29, 0.717) is 5.56 Å². The highest BCUT2D eigenvalue weighted by atomic mass is 19.4. The van der Waals surface area contributed by atoms with Gasteiger partial charge in [-0.05, 0) is 19.7 Å². The van der Waals surface area contributed by atoms with Crippen molar-refractivity contribution in [3.8, 4) is 0 Å². The van der Waals surface area contributed by atoms with Gasteiger partial charge >= 0.3 is 12.1 Å². The van der Waals surface area contributed by atoms with Crippen molar-refractivity contribution >= 4 is 5.97 Å². The minimum absolute atomic E-state index is 0.416. The molecule has 1 aromatic rings. The fourth-order valence-corrected chi connectivity index (χ4v) is 1.94. The van der Waals surface area contributed by atoms with Crippen LogP contribution in [0.1, 0.15) is 5.56 Å². The van der Waals surface area contributed by atoms with E-state index in [4.69, 9.17) is 0 Å². The second-order valence-corrected chi connectivity index (χ2v) is 4.41. The van der Waals surface area contributed by atoms with Crippen molar-refractivity contribution in [2.45, 2.75) is 18.1 Å². The molecule has 0 bridgehead atoms. The molecule has 6 heteroatoms. The van der Waals surface area contributed by atoms with Crippen molar-refractivity contribution in [2.24, 2.45) is 0 Å². The van der Waals surface area contributed by atoms with E-state index in [1.807, 2.05) is 0 Å². The predicted octanol–water partition coefficient (Wildman–Crippen LogP) is 2.26. The van der Waals surface area contributed by atoms with Crippen LogP contribution >= 0.6 is 0 Å². The van der Waals surface area contributed by atoms with Gasteiger partial charge in [0.15, 0.2) is 0 Å². The fourth-order valence-electron chi connectivity index (χ4n) is 1.94. The molecular formula is C13H16F3NO2. The van der Waals surface area contributed by atoms with E-state index in [9.17, 15) is 18.0 Å². The molecule has 1 unspecified atom stereocenters. The molecule has 1 aromatic carbocycles. The molecule has 0 N–H and O–H groups in total. The van der Waals surface area contributed by atoms with Crippen LogP contribution < -0.4 is 0 Å². The number of ether oxygens (including phenoxy) is 1. The summed E-state index contributed by atoms with van der Waals surface area (Å²) >= 11 is 0. The smallest absolute Gasteiger partial charge is 0.417 e. The topological polar surface area (TPSA) is 29.5 Å². The Kier molecular flexibility index (Phi) is 4.57. The molecule has 0 heterocycles. The number of hydrogen-bond acceptors (Lipinski definition) is 3. The van der Waals surface area contributed by atoms with Crippen LogP contribution in [0.25, 0.3) is 0 Å². The number of methoxy groups -OCH3 is 1. The van der Waals surface area contributed by atoms with Crippen LogP contribution in [-0.4, -0.2) is 43.8 Å². The van der Waals surface area contributed by atoms with Crippen molar-refractivity contribution < 1.29 is 22.7 Å². The Morgan fingerprint density at radius 2 is 1.74 bits per heavy atom. The number of alkyl halides is 3. The van der Waals surface area contributed by atoms with Crippen LogP contribution in [0.2, 0.25) is 0 Å². The Bertz CT molecular complexity index is 431. The maximum absolute atomic E-state index is 13.4. The quantitative estimate of drug-likeness (QED) is 0.789. The van der Waals surface area contributed by atoms with Crippen LogP contribution in [-0.2, 0) is 16.0 Å². The number of halogens is 3. The molecule has 0 aliphatic carbocycles. The van der Waals surface area contributed by atoms with E-state index in [1.54, 1.807) is 30.3 Å². The molecule has 0 fully saturated rings. The summed E-state index contributed by atoms with van der Waals surface area (Å²) in [7, 11) is 3.39. The maximum Gasteiger partial charge on any atom is 0.417 e. The minimum Gasteiger partial charge on any atom is -0.467 e. The molecule has 0 aliphatic rings. The van der Waals surface area contributed by atoms with Gasteiger partial charge in [-0.2, -0.15) is 13.2 Å². The summed E-state index contributed by atoms with van der Waals surface area (Å²) < 4.78 is 44.6. The third kappa shape index (κ3) is 2.89. The number of nitrogens with zero attached hydrogens (tertiary/aromatic N) is 1.